The van der Waals surface area contributed by atoms with Gasteiger partial charge in [0.2, 0.25) is 11.9 Å². The Balaban J connectivity index is 1.13. The zero-order valence-corrected chi connectivity index (χ0v) is 24.5. The first-order valence-corrected chi connectivity index (χ1v) is 15.1. The summed E-state index contributed by atoms with van der Waals surface area (Å²) in [7, 11) is 1.96. The van der Waals surface area contributed by atoms with E-state index in [9.17, 15) is 13.6 Å². The predicted molar refractivity (Wildman–Crippen MR) is 162 cm³/mol. The van der Waals surface area contributed by atoms with E-state index in [1.165, 1.54) is 6.33 Å². The zero-order chi connectivity index (χ0) is 29.9. The summed E-state index contributed by atoms with van der Waals surface area (Å²) < 4.78 is 29.6. The van der Waals surface area contributed by atoms with Crippen molar-refractivity contribution in [3.63, 3.8) is 0 Å². The van der Waals surface area contributed by atoms with Crippen molar-refractivity contribution in [3.05, 3.63) is 60.8 Å². The van der Waals surface area contributed by atoms with Crippen LogP contribution in [0, 0.1) is 6.92 Å². The quantitative estimate of drug-likeness (QED) is 0.238. The summed E-state index contributed by atoms with van der Waals surface area (Å²) in [4.78, 5) is 36.6. The van der Waals surface area contributed by atoms with Crippen molar-refractivity contribution in [2.45, 2.75) is 32.2 Å². The smallest absolute Gasteiger partial charge is 0.226 e. The van der Waals surface area contributed by atoms with Crippen molar-refractivity contribution in [1.82, 2.24) is 34.8 Å². The van der Waals surface area contributed by atoms with Crippen LogP contribution in [0.1, 0.15) is 24.8 Å². The number of benzene rings is 2. The van der Waals surface area contributed by atoms with Gasteiger partial charge in [-0.3, -0.25) is 9.00 Å². The second kappa shape index (κ2) is 12.3. The molecule has 1 aliphatic rings. The van der Waals surface area contributed by atoms with Crippen LogP contribution in [0.2, 0.25) is 0 Å². The molecule has 0 radical (unpaired) electrons. The van der Waals surface area contributed by atoms with Crippen molar-refractivity contribution in [2.24, 2.45) is 7.05 Å². The van der Waals surface area contributed by atoms with Crippen LogP contribution in [-0.4, -0.2) is 69.0 Å². The van der Waals surface area contributed by atoms with Crippen LogP contribution in [0.25, 0.3) is 22.1 Å². The van der Waals surface area contributed by atoms with Gasteiger partial charge in [0.25, 0.3) is 0 Å². The number of nitrogens with one attached hydrogen (secondary N) is 2. The van der Waals surface area contributed by atoms with Gasteiger partial charge in [-0.1, -0.05) is 11.1 Å². The summed E-state index contributed by atoms with van der Waals surface area (Å²) in [6.45, 7) is 3.28. The average Bonchev–Trinajstić information content (AvgIpc) is 3.37. The molecule has 5 aromatic rings. The van der Waals surface area contributed by atoms with Crippen molar-refractivity contribution in [1.29, 1.82) is 0 Å². The molecule has 1 fully saturated rings. The standard InChI is InChI=1S/C29H31N9O4S/c1-18-13-20(3-6-25(18)42-21-4-5-24-22(14-21)33-17-37(24)2)35-28-27-23(31-16-32-28)15-30-29(36-27)38-10-7-19(8-11-38)34-26(39)9-12-43(40)41/h3-6,13-17,19H,7-12H2,1-2H3,(H,34,39)(H,40,41)(H,31,32,35)/p-1. The number of piperidine rings is 1. The van der Waals surface area contributed by atoms with E-state index >= 15 is 0 Å². The lowest BCUT2D eigenvalue weighted by molar-refractivity contribution is -0.121. The molecular formula is C29H30N9O4S-. The Kier molecular flexibility index (Phi) is 8.11. The van der Waals surface area contributed by atoms with E-state index in [1.54, 1.807) is 12.5 Å². The zero-order valence-electron chi connectivity index (χ0n) is 23.7. The van der Waals surface area contributed by atoms with E-state index in [0.29, 0.717) is 54.5 Å². The normalized spacial score (nSPS) is 14.6. The number of amides is 1. The third-order valence-electron chi connectivity index (χ3n) is 7.37. The summed E-state index contributed by atoms with van der Waals surface area (Å²) in [5.41, 5.74) is 4.88. The van der Waals surface area contributed by atoms with Crippen molar-refractivity contribution < 1.29 is 18.3 Å². The molecule has 13 nitrogen and oxygen atoms in total. The molecule has 3 aromatic heterocycles. The monoisotopic (exact) mass is 600 g/mol. The third-order valence-corrected chi connectivity index (χ3v) is 7.90. The number of aromatic nitrogens is 6. The first-order valence-electron chi connectivity index (χ1n) is 13.9. The molecule has 1 amide bonds. The van der Waals surface area contributed by atoms with Gasteiger partial charge >= 0.3 is 0 Å². The van der Waals surface area contributed by atoms with Crippen LogP contribution in [0.4, 0.5) is 17.5 Å². The fraction of sp³-hybridized carbons (Fsp3) is 0.310. The number of rotatable bonds is 9. The Bertz CT molecular complexity index is 1820. The van der Waals surface area contributed by atoms with Gasteiger partial charge in [-0.15, -0.1) is 0 Å². The first-order chi connectivity index (χ1) is 20.8. The molecule has 1 aliphatic heterocycles. The predicted octanol–water partition coefficient (Wildman–Crippen LogP) is 3.51. The molecule has 0 aliphatic carbocycles. The second-order valence-corrected chi connectivity index (χ2v) is 11.4. The van der Waals surface area contributed by atoms with Gasteiger partial charge in [0.1, 0.15) is 28.9 Å². The minimum Gasteiger partial charge on any atom is -0.772 e. The molecule has 1 unspecified atom stereocenters. The third kappa shape index (κ3) is 6.54. The van der Waals surface area contributed by atoms with Gasteiger partial charge in [-0.2, -0.15) is 0 Å². The molecular weight excluding hydrogens is 570 g/mol. The molecule has 1 atom stereocenters. The number of hydrogen-bond acceptors (Lipinski definition) is 11. The molecule has 0 spiro atoms. The molecule has 4 heterocycles. The van der Waals surface area contributed by atoms with Gasteiger partial charge < -0.3 is 29.4 Å². The van der Waals surface area contributed by atoms with Crippen LogP contribution < -0.4 is 20.3 Å². The highest BCUT2D eigenvalue weighted by molar-refractivity contribution is 7.79. The van der Waals surface area contributed by atoms with Crippen molar-refractivity contribution in [3.8, 4) is 11.5 Å². The van der Waals surface area contributed by atoms with Gasteiger partial charge in [0.05, 0.1) is 23.6 Å². The van der Waals surface area contributed by atoms with E-state index in [2.05, 4.69) is 35.5 Å². The van der Waals surface area contributed by atoms with E-state index in [0.717, 1.165) is 28.0 Å². The fourth-order valence-electron chi connectivity index (χ4n) is 5.07. The van der Waals surface area contributed by atoms with E-state index < -0.39 is 11.1 Å². The molecule has 6 rings (SSSR count). The number of fused-ring (bicyclic) bond motifs is 2. The van der Waals surface area contributed by atoms with Gasteiger partial charge in [0, 0.05) is 50.1 Å². The lowest BCUT2D eigenvalue weighted by atomic mass is 10.1. The lowest BCUT2D eigenvalue weighted by Crippen LogP contribution is -2.45. The number of anilines is 3. The van der Waals surface area contributed by atoms with Crippen LogP contribution in [-0.2, 0) is 22.9 Å². The number of imidazole rings is 1. The number of carbonyl (C=O) groups excluding carboxylic acids is 1. The second-order valence-electron chi connectivity index (χ2n) is 10.4. The van der Waals surface area contributed by atoms with E-state index in [4.69, 9.17) is 9.72 Å². The topological polar surface area (TPSA) is 163 Å². The van der Waals surface area contributed by atoms with Crippen LogP contribution >= 0.6 is 0 Å². The van der Waals surface area contributed by atoms with Crippen LogP contribution in [0.15, 0.2) is 55.2 Å². The highest BCUT2D eigenvalue weighted by Crippen LogP contribution is 2.31. The van der Waals surface area contributed by atoms with Gasteiger partial charge in [-0.05, 0) is 55.7 Å². The largest absolute Gasteiger partial charge is 0.772 e. The van der Waals surface area contributed by atoms with Gasteiger partial charge in [-0.25, -0.2) is 24.9 Å². The summed E-state index contributed by atoms with van der Waals surface area (Å²) in [5.74, 6) is 2.14. The van der Waals surface area contributed by atoms with Crippen LogP contribution in [0.5, 0.6) is 11.5 Å². The SMILES string of the molecule is Cc1cc(Nc2ncnc3cnc(N4CCC(NC(=O)CCS(=O)[O-])CC4)nc23)ccc1Oc1ccc2c(c1)ncn2C. The minimum absolute atomic E-state index is 0.0158. The molecule has 14 heteroatoms. The van der Waals surface area contributed by atoms with E-state index in [-0.39, 0.29) is 24.1 Å². The lowest BCUT2D eigenvalue weighted by Gasteiger charge is -2.32. The maximum absolute atomic E-state index is 12.0. The Labute approximate surface area is 250 Å². The minimum atomic E-state index is -2.22. The summed E-state index contributed by atoms with van der Waals surface area (Å²) >= 11 is -2.22. The molecule has 0 saturated carbocycles. The maximum atomic E-state index is 12.0. The highest BCUT2D eigenvalue weighted by Gasteiger charge is 2.23. The first kappa shape index (κ1) is 28.4. The Hall–Kier alpha value is -4.69. The molecule has 2 N–H and O–H groups in total. The Morgan fingerprint density at radius 3 is 2.72 bits per heavy atom. The molecule has 1 saturated heterocycles. The summed E-state index contributed by atoms with van der Waals surface area (Å²) in [6, 6.07) is 11.6. The van der Waals surface area contributed by atoms with E-state index in [1.807, 2.05) is 54.9 Å². The fourth-order valence-corrected chi connectivity index (χ4v) is 5.43. The molecule has 43 heavy (non-hydrogen) atoms. The Morgan fingerprint density at radius 1 is 1.09 bits per heavy atom. The number of carbonyl (C=O) groups is 1. The molecule has 2 aromatic carbocycles. The summed E-state index contributed by atoms with van der Waals surface area (Å²) in [6.07, 6.45) is 6.31. The Morgan fingerprint density at radius 2 is 1.93 bits per heavy atom. The number of aryl methyl sites for hydroxylation is 2. The highest BCUT2D eigenvalue weighted by atomic mass is 32.2. The molecule has 222 valence electrons. The van der Waals surface area contributed by atoms with Crippen LogP contribution in [0.3, 0.4) is 0 Å². The maximum Gasteiger partial charge on any atom is 0.226 e. The molecule has 0 bridgehead atoms. The average molecular weight is 601 g/mol. The number of ether oxygens (including phenoxy) is 1. The number of hydrogen-bond donors (Lipinski definition) is 2. The van der Waals surface area contributed by atoms with Crippen molar-refractivity contribution >= 4 is 56.5 Å². The van der Waals surface area contributed by atoms with Gasteiger partial charge in [0.15, 0.2) is 5.82 Å². The summed E-state index contributed by atoms with van der Waals surface area (Å²) in [5, 5.41) is 6.28. The van der Waals surface area contributed by atoms with Crippen molar-refractivity contribution in [2.75, 3.05) is 29.1 Å². The number of nitrogens with zero attached hydrogens (tertiary/aromatic N) is 7.